The molecule has 0 aliphatic heterocycles. The molecule has 0 saturated carbocycles. The Balaban J connectivity index is 2.09. The van der Waals surface area contributed by atoms with Crippen molar-refractivity contribution in [2.45, 2.75) is 72.5 Å². The molecular weight excluding hydrogens is 362 g/mol. The molecule has 0 fully saturated rings. The number of ether oxygens (including phenoxy) is 2. The Labute approximate surface area is 175 Å². The number of unbranched alkanes of at least 4 members (excludes halogenated alkanes) is 2. The summed E-state index contributed by atoms with van der Waals surface area (Å²) in [6.07, 6.45) is 3.91. The molecule has 0 saturated heterocycles. The minimum Gasteiger partial charge on any atom is -0.488 e. The van der Waals surface area contributed by atoms with Crippen molar-refractivity contribution < 1.29 is 14.3 Å². The number of anilines is 1. The summed E-state index contributed by atoms with van der Waals surface area (Å²) in [4.78, 5) is 13.0. The molecule has 158 valence electrons. The van der Waals surface area contributed by atoms with E-state index in [1.807, 2.05) is 70.2 Å². The first-order valence-electron chi connectivity index (χ1n) is 10.6. The maximum atomic E-state index is 13.0. The molecule has 1 amide bonds. The van der Waals surface area contributed by atoms with Crippen LogP contribution in [0.2, 0.25) is 0 Å². The molecule has 0 spiro atoms. The van der Waals surface area contributed by atoms with Gasteiger partial charge in [0.05, 0.1) is 0 Å². The van der Waals surface area contributed by atoms with Gasteiger partial charge in [-0.25, -0.2) is 0 Å². The molecule has 0 aromatic heterocycles. The lowest BCUT2D eigenvalue weighted by atomic mass is 9.96. The highest BCUT2D eigenvalue weighted by molar-refractivity contribution is 5.97. The van der Waals surface area contributed by atoms with Gasteiger partial charge in [-0.1, -0.05) is 56.5 Å². The zero-order valence-electron chi connectivity index (χ0n) is 18.5. The Morgan fingerprint density at radius 2 is 1.69 bits per heavy atom. The van der Waals surface area contributed by atoms with Crippen LogP contribution in [-0.4, -0.2) is 18.1 Å². The molecule has 0 aliphatic carbocycles. The maximum Gasteiger partial charge on any atom is 0.256 e. The molecule has 2 aromatic carbocycles. The van der Waals surface area contributed by atoms with Gasteiger partial charge in [-0.15, -0.1) is 0 Å². The average molecular weight is 398 g/mol. The lowest BCUT2D eigenvalue weighted by Gasteiger charge is -2.28. The van der Waals surface area contributed by atoms with E-state index in [2.05, 4.69) is 12.2 Å². The molecule has 29 heavy (non-hydrogen) atoms. The molecule has 2 aromatic rings. The number of rotatable bonds is 11. The average Bonchev–Trinajstić information content (AvgIpc) is 2.68. The van der Waals surface area contributed by atoms with Crippen LogP contribution in [0.4, 0.5) is 5.69 Å². The molecule has 0 radical (unpaired) electrons. The molecular formula is C25H35NO3. The number of carbonyl (C=O) groups is 1. The van der Waals surface area contributed by atoms with E-state index < -0.39 is 5.60 Å². The first-order chi connectivity index (χ1) is 13.9. The summed E-state index contributed by atoms with van der Waals surface area (Å²) in [5.74, 6) is 0.773. The van der Waals surface area contributed by atoms with Crippen molar-refractivity contribution in [3.8, 4) is 5.75 Å². The van der Waals surface area contributed by atoms with Gasteiger partial charge >= 0.3 is 0 Å². The van der Waals surface area contributed by atoms with Crippen molar-refractivity contribution >= 4 is 11.6 Å². The third-order valence-electron chi connectivity index (χ3n) is 5.14. The fraction of sp³-hybridized carbons (Fsp3) is 0.480. The van der Waals surface area contributed by atoms with Gasteiger partial charge in [0.15, 0.2) is 0 Å². The largest absolute Gasteiger partial charge is 0.488 e. The van der Waals surface area contributed by atoms with Crippen LogP contribution in [0, 0.1) is 13.8 Å². The summed E-state index contributed by atoms with van der Waals surface area (Å²) in [5, 5.41) is 3.06. The molecule has 0 bridgehead atoms. The van der Waals surface area contributed by atoms with Gasteiger partial charge in [0.2, 0.25) is 0 Å². The van der Waals surface area contributed by atoms with E-state index in [1.165, 1.54) is 0 Å². The second-order valence-corrected chi connectivity index (χ2v) is 7.79. The third kappa shape index (κ3) is 6.60. The van der Waals surface area contributed by atoms with Crippen LogP contribution in [0.15, 0.2) is 42.5 Å². The standard InChI is InChI=1S/C25H35NO3/c1-6-8-12-15-25(5,29-7-2)24(27)26-22-16-19(3)23(20(4)17-22)28-18-21-13-10-9-11-14-21/h9-11,13-14,16-17H,6-8,12,15,18H2,1-5H3,(H,26,27)/t25-/m1/s1. The lowest BCUT2D eigenvalue weighted by Crippen LogP contribution is -2.42. The Morgan fingerprint density at radius 3 is 2.28 bits per heavy atom. The zero-order valence-corrected chi connectivity index (χ0v) is 18.5. The third-order valence-corrected chi connectivity index (χ3v) is 5.14. The van der Waals surface area contributed by atoms with Gasteiger partial charge in [0.25, 0.3) is 5.91 Å². The topological polar surface area (TPSA) is 47.6 Å². The monoisotopic (exact) mass is 397 g/mol. The number of benzene rings is 2. The molecule has 1 N–H and O–H groups in total. The van der Waals surface area contributed by atoms with Crippen molar-refractivity contribution in [1.82, 2.24) is 0 Å². The summed E-state index contributed by atoms with van der Waals surface area (Å²) in [7, 11) is 0. The first-order valence-corrected chi connectivity index (χ1v) is 10.6. The van der Waals surface area contributed by atoms with E-state index in [1.54, 1.807) is 0 Å². The Hall–Kier alpha value is -2.33. The SMILES string of the molecule is CCCCC[C@@](C)(OCC)C(=O)Nc1cc(C)c(OCc2ccccc2)c(C)c1. The van der Waals surface area contributed by atoms with Crippen LogP contribution in [0.5, 0.6) is 5.75 Å². The zero-order chi connectivity index (χ0) is 21.3. The molecule has 4 nitrogen and oxygen atoms in total. The van der Waals surface area contributed by atoms with Crippen LogP contribution in [0.1, 0.15) is 63.1 Å². The predicted molar refractivity (Wildman–Crippen MR) is 119 cm³/mol. The highest BCUT2D eigenvalue weighted by Gasteiger charge is 2.33. The summed E-state index contributed by atoms with van der Waals surface area (Å²) < 4.78 is 11.9. The van der Waals surface area contributed by atoms with Gasteiger partial charge in [-0.3, -0.25) is 4.79 Å². The van der Waals surface area contributed by atoms with Gasteiger partial charge in [0, 0.05) is 12.3 Å². The summed E-state index contributed by atoms with van der Waals surface area (Å²) in [6.45, 7) is 11.0. The second-order valence-electron chi connectivity index (χ2n) is 7.79. The van der Waals surface area contributed by atoms with Gasteiger partial charge in [0.1, 0.15) is 18.0 Å². The fourth-order valence-electron chi connectivity index (χ4n) is 3.53. The van der Waals surface area contributed by atoms with Crippen molar-refractivity contribution in [3.63, 3.8) is 0 Å². The Kier molecular flexibility index (Phi) is 8.71. The second kappa shape index (κ2) is 11.0. The first kappa shape index (κ1) is 23.0. The van der Waals surface area contributed by atoms with Crippen molar-refractivity contribution in [3.05, 3.63) is 59.2 Å². The summed E-state index contributed by atoms with van der Waals surface area (Å²) in [5.41, 5.74) is 3.09. The fourth-order valence-corrected chi connectivity index (χ4v) is 3.53. The number of hydrogen-bond acceptors (Lipinski definition) is 3. The van der Waals surface area contributed by atoms with Crippen LogP contribution in [0.25, 0.3) is 0 Å². The Morgan fingerprint density at radius 1 is 1.03 bits per heavy atom. The van der Waals surface area contributed by atoms with Crippen LogP contribution < -0.4 is 10.1 Å². The molecule has 0 aliphatic rings. The molecule has 2 rings (SSSR count). The number of aryl methyl sites for hydroxylation is 2. The van der Waals surface area contributed by atoms with E-state index in [-0.39, 0.29) is 5.91 Å². The van der Waals surface area contributed by atoms with E-state index in [0.717, 1.165) is 53.8 Å². The van der Waals surface area contributed by atoms with Crippen molar-refractivity contribution in [1.29, 1.82) is 0 Å². The molecule has 4 heteroatoms. The predicted octanol–water partition coefficient (Wildman–Crippen LogP) is 6.20. The van der Waals surface area contributed by atoms with Crippen LogP contribution in [0.3, 0.4) is 0 Å². The van der Waals surface area contributed by atoms with Crippen LogP contribution in [-0.2, 0) is 16.1 Å². The van der Waals surface area contributed by atoms with E-state index >= 15 is 0 Å². The van der Waals surface area contributed by atoms with Crippen molar-refractivity contribution in [2.75, 3.05) is 11.9 Å². The maximum absolute atomic E-state index is 13.0. The molecule has 0 heterocycles. The van der Waals surface area contributed by atoms with Crippen molar-refractivity contribution in [2.24, 2.45) is 0 Å². The highest BCUT2D eigenvalue weighted by atomic mass is 16.5. The summed E-state index contributed by atoms with van der Waals surface area (Å²) in [6, 6.07) is 14.0. The number of carbonyl (C=O) groups excluding carboxylic acids is 1. The van der Waals surface area contributed by atoms with E-state index in [4.69, 9.17) is 9.47 Å². The van der Waals surface area contributed by atoms with Gasteiger partial charge < -0.3 is 14.8 Å². The quantitative estimate of drug-likeness (QED) is 0.459. The number of amides is 1. The Bertz CT molecular complexity index is 765. The van der Waals surface area contributed by atoms with Gasteiger partial charge in [-0.05, 0) is 62.9 Å². The highest BCUT2D eigenvalue weighted by Crippen LogP contribution is 2.29. The molecule has 1 atom stereocenters. The van der Waals surface area contributed by atoms with E-state index in [0.29, 0.717) is 13.2 Å². The minimum atomic E-state index is -0.811. The van der Waals surface area contributed by atoms with Crippen LogP contribution >= 0.6 is 0 Å². The minimum absolute atomic E-state index is 0.0905. The summed E-state index contributed by atoms with van der Waals surface area (Å²) >= 11 is 0. The van der Waals surface area contributed by atoms with E-state index in [9.17, 15) is 4.79 Å². The number of nitrogens with one attached hydrogen (secondary N) is 1. The smallest absolute Gasteiger partial charge is 0.256 e. The number of hydrogen-bond donors (Lipinski definition) is 1. The molecule has 0 unspecified atom stereocenters. The lowest BCUT2D eigenvalue weighted by molar-refractivity contribution is -0.139. The van der Waals surface area contributed by atoms with Gasteiger partial charge in [-0.2, -0.15) is 0 Å². The normalized spacial score (nSPS) is 13.0.